The van der Waals surface area contributed by atoms with E-state index in [2.05, 4.69) is 25.9 Å². The van der Waals surface area contributed by atoms with E-state index in [1.54, 1.807) is 12.1 Å². The number of ether oxygens (including phenoxy) is 1. The molecule has 1 N–H and O–H groups in total. The molecule has 9 heteroatoms. The molecule has 1 aromatic carbocycles. The van der Waals surface area contributed by atoms with E-state index < -0.39 is 22.0 Å². The van der Waals surface area contributed by atoms with Crippen LogP contribution in [0.4, 0.5) is 0 Å². The summed E-state index contributed by atoms with van der Waals surface area (Å²) in [6.45, 7) is 0.0491. The first-order chi connectivity index (χ1) is 10.9. The quantitative estimate of drug-likeness (QED) is 0.788. The second-order valence-corrected chi connectivity index (χ2v) is 7.88. The minimum Gasteiger partial charge on any atom is -0.468 e. The molecule has 0 saturated carbocycles. The average molecular weight is 400 g/mol. The summed E-state index contributed by atoms with van der Waals surface area (Å²) in [5.74, 6) is -0.598. The molecule has 2 aromatic rings. The zero-order valence-electron chi connectivity index (χ0n) is 12.2. The highest BCUT2D eigenvalue weighted by Gasteiger charge is 2.41. The molecule has 2 heterocycles. The fourth-order valence-corrected chi connectivity index (χ4v) is 4.35. The van der Waals surface area contributed by atoms with Gasteiger partial charge < -0.3 is 9.72 Å². The number of H-pyrrole nitrogens is 1. The van der Waals surface area contributed by atoms with Crippen molar-refractivity contribution in [1.82, 2.24) is 14.3 Å². The normalized spacial score (nSPS) is 18.4. The summed E-state index contributed by atoms with van der Waals surface area (Å²) in [4.78, 5) is 19.2. The van der Waals surface area contributed by atoms with Crippen LogP contribution in [-0.2, 0) is 32.5 Å². The first kappa shape index (κ1) is 16.2. The number of hydrogen-bond acceptors (Lipinski definition) is 5. The lowest BCUT2D eigenvalue weighted by Gasteiger charge is -2.32. The first-order valence-electron chi connectivity index (χ1n) is 6.80. The molecule has 23 heavy (non-hydrogen) atoms. The number of nitrogens with zero attached hydrogens (tertiary/aromatic N) is 2. The Bertz CT molecular complexity index is 832. The lowest BCUT2D eigenvalue weighted by Crippen LogP contribution is -2.49. The minimum absolute atomic E-state index is 0.0491. The molecule has 0 aliphatic carbocycles. The second kappa shape index (κ2) is 6.06. The topological polar surface area (TPSA) is 92.4 Å². The maximum absolute atomic E-state index is 12.9. The smallest absolute Gasteiger partial charge is 0.324 e. The number of fused-ring (bicyclic) bond motifs is 1. The molecule has 0 amide bonds. The standard InChI is InChI=1S/C14H14BrN3O4S/c1-22-14(19)13-6-11-12(17-8-16-11)7-18(13)23(20,21)10-4-2-9(15)3-5-10/h2-5,8,13H,6-7H2,1H3,(H,16,17). The average Bonchev–Trinajstić information content (AvgIpc) is 3.00. The Morgan fingerprint density at radius 3 is 2.74 bits per heavy atom. The van der Waals surface area contributed by atoms with E-state index in [4.69, 9.17) is 4.74 Å². The third-order valence-corrected chi connectivity index (χ3v) is 6.15. The third kappa shape index (κ3) is 2.91. The number of nitrogens with one attached hydrogen (secondary N) is 1. The Morgan fingerprint density at radius 2 is 2.09 bits per heavy atom. The Labute approximate surface area is 141 Å². The van der Waals surface area contributed by atoms with Crippen LogP contribution in [0.15, 0.2) is 40.0 Å². The van der Waals surface area contributed by atoms with E-state index in [1.165, 1.54) is 25.6 Å². The summed E-state index contributed by atoms with van der Waals surface area (Å²) in [6.07, 6.45) is 1.68. The molecule has 0 bridgehead atoms. The van der Waals surface area contributed by atoms with Crippen molar-refractivity contribution in [2.45, 2.75) is 23.9 Å². The minimum atomic E-state index is -3.84. The van der Waals surface area contributed by atoms with Crippen LogP contribution in [0.25, 0.3) is 0 Å². The van der Waals surface area contributed by atoms with Gasteiger partial charge in [-0.3, -0.25) is 4.79 Å². The third-order valence-electron chi connectivity index (χ3n) is 3.75. The van der Waals surface area contributed by atoms with Gasteiger partial charge in [0, 0.05) is 10.9 Å². The van der Waals surface area contributed by atoms with Gasteiger partial charge in [-0.05, 0) is 24.3 Å². The molecular formula is C14H14BrN3O4S. The van der Waals surface area contributed by atoms with E-state index >= 15 is 0 Å². The molecule has 1 aliphatic rings. The highest BCUT2D eigenvalue weighted by atomic mass is 79.9. The van der Waals surface area contributed by atoms with Crippen molar-refractivity contribution in [1.29, 1.82) is 0 Å². The second-order valence-electron chi connectivity index (χ2n) is 5.08. The van der Waals surface area contributed by atoms with Gasteiger partial charge in [-0.15, -0.1) is 0 Å². The number of methoxy groups -OCH3 is 1. The lowest BCUT2D eigenvalue weighted by molar-refractivity contribution is -0.145. The molecule has 1 atom stereocenters. The number of hydrogen-bond donors (Lipinski definition) is 1. The van der Waals surface area contributed by atoms with E-state index in [0.29, 0.717) is 11.4 Å². The number of aromatic amines is 1. The number of carbonyl (C=O) groups is 1. The SMILES string of the molecule is COC(=O)C1Cc2nc[nH]c2CN1S(=O)(=O)c1ccc(Br)cc1. The fraction of sp³-hybridized carbons (Fsp3) is 0.286. The molecular weight excluding hydrogens is 386 g/mol. The van der Waals surface area contributed by atoms with Crippen LogP contribution in [0.5, 0.6) is 0 Å². The first-order valence-corrected chi connectivity index (χ1v) is 9.03. The summed E-state index contributed by atoms with van der Waals surface area (Å²) >= 11 is 3.27. The molecule has 1 unspecified atom stereocenters. The van der Waals surface area contributed by atoms with E-state index in [-0.39, 0.29) is 17.9 Å². The Hall–Kier alpha value is -1.71. The monoisotopic (exact) mass is 399 g/mol. The predicted molar refractivity (Wildman–Crippen MR) is 85.0 cm³/mol. The number of benzene rings is 1. The zero-order chi connectivity index (χ0) is 16.6. The van der Waals surface area contributed by atoms with E-state index in [0.717, 1.165) is 8.78 Å². The van der Waals surface area contributed by atoms with Crippen LogP contribution in [0.2, 0.25) is 0 Å². The van der Waals surface area contributed by atoms with Gasteiger partial charge >= 0.3 is 5.97 Å². The number of carbonyl (C=O) groups excluding carboxylic acids is 1. The van der Waals surface area contributed by atoms with Crippen LogP contribution >= 0.6 is 15.9 Å². The van der Waals surface area contributed by atoms with Gasteiger partial charge in [-0.1, -0.05) is 15.9 Å². The molecule has 0 radical (unpaired) electrons. The van der Waals surface area contributed by atoms with Crippen molar-refractivity contribution in [3.63, 3.8) is 0 Å². The van der Waals surface area contributed by atoms with Gasteiger partial charge in [-0.2, -0.15) is 4.31 Å². The van der Waals surface area contributed by atoms with Crippen molar-refractivity contribution >= 4 is 31.9 Å². The van der Waals surface area contributed by atoms with Gasteiger partial charge in [-0.25, -0.2) is 13.4 Å². The van der Waals surface area contributed by atoms with Crippen molar-refractivity contribution in [2.75, 3.05) is 7.11 Å². The Morgan fingerprint density at radius 1 is 1.39 bits per heavy atom. The van der Waals surface area contributed by atoms with Crippen molar-refractivity contribution in [2.24, 2.45) is 0 Å². The van der Waals surface area contributed by atoms with Crippen LogP contribution in [-0.4, -0.2) is 41.8 Å². The zero-order valence-corrected chi connectivity index (χ0v) is 14.6. The number of sulfonamides is 1. The van der Waals surface area contributed by atoms with E-state index in [1.807, 2.05) is 0 Å². The molecule has 0 spiro atoms. The summed E-state index contributed by atoms with van der Waals surface area (Å²) in [6, 6.07) is 5.35. The number of esters is 1. The van der Waals surface area contributed by atoms with Crippen LogP contribution in [0, 0.1) is 0 Å². The highest BCUT2D eigenvalue weighted by Crippen LogP contribution is 2.28. The summed E-state index contributed by atoms with van der Waals surface area (Å²) in [5, 5.41) is 0. The van der Waals surface area contributed by atoms with Gasteiger partial charge in [0.2, 0.25) is 10.0 Å². The van der Waals surface area contributed by atoms with Crippen LogP contribution in [0.3, 0.4) is 0 Å². The fourth-order valence-electron chi connectivity index (χ4n) is 2.54. The van der Waals surface area contributed by atoms with Crippen molar-refractivity contribution in [3.8, 4) is 0 Å². The maximum atomic E-state index is 12.9. The molecule has 0 fully saturated rings. The molecule has 7 nitrogen and oxygen atoms in total. The predicted octanol–water partition coefficient (Wildman–Crippen LogP) is 1.46. The number of imidazole rings is 1. The molecule has 1 aliphatic heterocycles. The Balaban J connectivity index is 2.04. The molecule has 1 aromatic heterocycles. The molecule has 0 saturated heterocycles. The van der Waals surface area contributed by atoms with Gasteiger partial charge in [0.25, 0.3) is 0 Å². The maximum Gasteiger partial charge on any atom is 0.324 e. The molecule has 3 rings (SSSR count). The van der Waals surface area contributed by atoms with Gasteiger partial charge in [0.15, 0.2) is 0 Å². The number of halogens is 1. The van der Waals surface area contributed by atoms with Gasteiger partial charge in [0.05, 0.1) is 36.3 Å². The number of aromatic nitrogens is 2. The van der Waals surface area contributed by atoms with Crippen LogP contribution in [0.1, 0.15) is 11.4 Å². The highest BCUT2D eigenvalue weighted by molar-refractivity contribution is 9.10. The lowest BCUT2D eigenvalue weighted by atomic mass is 10.1. The number of rotatable bonds is 3. The summed E-state index contributed by atoms with van der Waals surface area (Å²) < 4.78 is 32.6. The van der Waals surface area contributed by atoms with Crippen molar-refractivity contribution in [3.05, 3.63) is 46.5 Å². The Kier molecular flexibility index (Phi) is 4.26. The summed E-state index contributed by atoms with van der Waals surface area (Å²) in [5.41, 5.74) is 1.37. The van der Waals surface area contributed by atoms with Crippen LogP contribution < -0.4 is 0 Å². The largest absolute Gasteiger partial charge is 0.468 e. The molecule has 122 valence electrons. The van der Waals surface area contributed by atoms with E-state index in [9.17, 15) is 13.2 Å². The van der Waals surface area contributed by atoms with Gasteiger partial charge in [0.1, 0.15) is 6.04 Å². The summed E-state index contributed by atoms with van der Waals surface area (Å²) in [7, 11) is -2.60. The van der Waals surface area contributed by atoms with Crippen molar-refractivity contribution < 1.29 is 17.9 Å².